The predicted molar refractivity (Wildman–Crippen MR) is 81.8 cm³/mol. The second-order valence-corrected chi connectivity index (χ2v) is 5.40. The number of rotatable bonds is 5. The number of nitrogens with one attached hydrogen (secondary N) is 1. The predicted octanol–water partition coefficient (Wildman–Crippen LogP) is 1.35. The van der Waals surface area contributed by atoms with Crippen LogP contribution < -0.4 is 10.2 Å². The van der Waals surface area contributed by atoms with Gasteiger partial charge in [-0.2, -0.15) is 4.98 Å². The highest BCUT2D eigenvalue weighted by molar-refractivity contribution is 5.59. The number of nitro groups is 1. The number of aromatic nitrogens is 2. The van der Waals surface area contributed by atoms with Crippen molar-refractivity contribution < 1.29 is 4.92 Å². The highest BCUT2D eigenvalue weighted by Crippen LogP contribution is 2.29. The number of piperidine rings is 1. The summed E-state index contributed by atoms with van der Waals surface area (Å²) in [4.78, 5) is 23.3. The molecule has 8 nitrogen and oxygen atoms in total. The van der Waals surface area contributed by atoms with Crippen LogP contribution in [0.1, 0.15) is 19.8 Å². The van der Waals surface area contributed by atoms with E-state index in [1.54, 1.807) is 0 Å². The lowest BCUT2D eigenvalue weighted by molar-refractivity contribution is -0.384. The highest BCUT2D eigenvalue weighted by atomic mass is 16.6. The summed E-state index contributed by atoms with van der Waals surface area (Å²) in [7, 11) is 4.07. The maximum absolute atomic E-state index is 11.2. The van der Waals surface area contributed by atoms with Crippen LogP contribution in [0.5, 0.6) is 0 Å². The SMILES string of the molecule is CCNc1ncc([N+](=O)[O-])c(N2CCCC(N(C)C)C2)n1. The fourth-order valence-electron chi connectivity index (χ4n) is 2.54. The minimum atomic E-state index is -0.412. The van der Waals surface area contributed by atoms with Gasteiger partial charge >= 0.3 is 5.69 Å². The lowest BCUT2D eigenvalue weighted by atomic mass is 10.0. The van der Waals surface area contributed by atoms with Crippen LogP contribution in [-0.2, 0) is 0 Å². The van der Waals surface area contributed by atoms with E-state index in [0.717, 1.165) is 25.9 Å². The van der Waals surface area contributed by atoms with Crippen LogP contribution in [0.4, 0.5) is 17.5 Å². The first-order valence-corrected chi connectivity index (χ1v) is 7.19. The molecule has 0 radical (unpaired) electrons. The zero-order chi connectivity index (χ0) is 15.4. The molecule has 1 unspecified atom stereocenters. The maximum atomic E-state index is 11.2. The third-order valence-corrected chi connectivity index (χ3v) is 3.71. The van der Waals surface area contributed by atoms with Gasteiger partial charge in [0.1, 0.15) is 6.20 Å². The van der Waals surface area contributed by atoms with Gasteiger partial charge in [0, 0.05) is 25.7 Å². The Morgan fingerprint density at radius 1 is 1.57 bits per heavy atom. The Bertz CT molecular complexity index is 507. The highest BCUT2D eigenvalue weighted by Gasteiger charge is 2.28. The fraction of sp³-hybridized carbons (Fsp3) is 0.692. The van der Waals surface area contributed by atoms with Crippen molar-refractivity contribution in [2.45, 2.75) is 25.8 Å². The van der Waals surface area contributed by atoms with Gasteiger partial charge in [-0.3, -0.25) is 10.1 Å². The molecule has 0 amide bonds. The molecule has 1 atom stereocenters. The second kappa shape index (κ2) is 6.66. The van der Waals surface area contributed by atoms with Crippen LogP contribution >= 0.6 is 0 Å². The van der Waals surface area contributed by atoms with Crippen LogP contribution in [-0.4, -0.2) is 59.6 Å². The summed E-state index contributed by atoms with van der Waals surface area (Å²) in [5.41, 5.74) is -0.0314. The average Bonchev–Trinajstić information content (AvgIpc) is 2.47. The standard InChI is InChI=1S/C13H22N6O2/c1-4-14-13-15-8-11(19(20)21)12(16-13)18-7-5-6-10(9-18)17(2)3/h8,10H,4-7,9H2,1-3H3,(H,14,15,16). The average molecular weight is 294 g/mol. The molecule has 0 bridgehead atoms. The van der Waals surface area contributed by atoms with Crippen molar-refractivity contribution in [2.24, 2.45) is 0 Å². The lowest BCUT2D eigenvalue weighted by Gasteiger charge is -2.36. The van der Waals surface area contributed by atoms with Gasteiger partial charge in [-0.1, -0.05) is 0 Å². The molecule has 8 heteroatoms. The first-order valence-electron chi connectivity index (χ1n) is 7.19. The Kier molecular flexibility index (Phi) is 4.89. The summed E-state index contributed by atoms with van der Waals surface area (Å²) in [6.07, 6.45) is 3.39. The van der Waals surface area contributed by atoms with Gasteiger partial charge in [0.2, 0.25) is 11.8 Å². The van der Waals surface area contributed by atoms with E-state index in [9.17, 15) is 10.1 Å². The molecule has 1 aliphatic rings. The normalized spacial score (nSPS) is 18.9. The molecular formula is C13H22N6O2. The third-order valence-electron chi connectivity index (χ3n) is 3.71. The Morgan fingerprint density at radius 3 is 2.95 bits per heavy atom. The Balaban J connectivity index is 2.30. The van der Waals surface area contributed by atoms with Crippen molar-refractivity contribution in [2.75, 3.05) is 43.9 Å². The Labute approximate surface area is 124 Å². The molecular weight excluding hydrogens is 272 g/mol. The van der Waals surface area contributed by atoms with Gasteiger partial charge in [0.15, 0.2) is 0 Å². The van der Waals surface area contributed by atoms with Crippen LogP contribution in [0.25, 0.3) is 0 Å². The summed E-state index contributed by atoms with van der Waals surface area (Å²) >= 11 is 0. The molecule has 2 heterocycles. The molecule has 1 aromatic rings. The summed E-state index contributed by atoms with van der Waals surface area (Å²) in [6, 6.07) is 0.385. The van der Waals surface area contributed by atoms with Crippen molar-refractivity contribution in [1.29, 1.82) is 0 Å². The first-order chi connectivity index (χ1) is 10.0. The second-order valence-electron chi connectivity index (χ2n) is 5.40. The fourth-order valence-corrected chi connectivity index (χ4v) is 2.54. The molecule has 1 fully saturated rings. The van der Waals surface area contributed by atoms with E-state index in [2.05, 4.69) is 20.2 Å². The molecule has 116 valence electrons. The monoisotopic (exact) mass is 294 g/mol. The van der Waals surface area contributed by atoms with Gasteiger partial charge in [0.25, 0.3) is 0 Å². The molecule has 0 aromatic carbocycles. The van der Waals surface area contributed by atoms with Gasteiger partial charge in [-0.05, 0) is 33.9 Å². The maximum Gasteiger partial charge on any atom is 0.329 e. The molecule has 1 saturated heterocycles. The molecule has 0 spiro atoms. The minimum absolute atomic E-state index is 0.0314. The lowest BCUT2D eigenvalue weighted by Crippen LogP contribution is -2.45. The molecule has 21 heavy (non-hydrogen) atoms. The van der Waals surface area contributed by atoms with Gasteiger partial charge in [-0.15, -0.1) is 0 Å². The van der Waals surface area contributed by atoms with Crippen molar-refractivity contribution in [3.8, 4) is 0 Å². The Morgan fingerprint density at radius 2 is 2.33 bits per heavy atom. The van der Waals surface area contributed by atoms with E-state index < -0.39 is 4.92 Å². The van der Waals surface area contributed by atoms with E-state index in [1.165, 1.54) is 6.20 Å². The zero-order valence-corrected chi connectivity index (χ0v) is 12.7. The van der Waals surface area contributed by atoms with Crippen molar-refractivity contribution in [1.82, 2.24) is 14.9 Å². The van der Waals surface area contributed by atoms with Crippen LogP contribution in [0.3, 0.4) is 0 Å². The van der Waals surface area contributed by atoms with Gasteiger partial charge < -0.3 is 15.1 Å². The summed E-state index contributed by atoms with van der Waals surface area (Å²) < 4.78 is 0. The zero-order valence-electron chi connectivity index (χ0n) is 12.7. The van der Waals surface area contributed by atoms with Crippen molar-refractivity contribution >= 4 is 17.5 Å². The molecule has 2 rings (SSSR count). The smallest absolute Gasteiger partial charge is 0.329 e. The van der Waals surface area contributed by atoms with E-state index in [0.29, 0.717) is 24.4 Å². The third kappa shape index (κ3) is 3.57. The number of nitrogens with zero attached hydrogens (tertiary/aromatic N) is 5. The molecule has 1 aliphatic heterocycles. The molecule has 1 N–H and O–H groups in total. The van der Waals surface area contributed by atoms with Crippen molar-refractivity contribution in [3.05, 3.63) is 16.3 Å². The van der Waals surface area contributed by atoms with Crippen LogP contribution in [0.15, 0.2) is 6.20 Å². The Hall–Kier alpha value is -1.96. The van der Waals surface area contributed by atoms with E-state index in [4.69, 9.17) is 0 Å². The first kappa shape index (κ1) is 15.4. The summed E-state index contributed by atoms with van der Waals surface area (Å²) in [5, 5.41) is 14.2. The quantitative estimate of drug-likeness (QED) is 0.647. The molecule has 0 saturated carbocycles. The summed E-state index contributed by atoms with van der Waals surface area (Å²) in [5.74, 6) is 0.850. The van der Waals surface area contributed by atoms with Crippen LogP contribution in [0.2, 0.25) is 0 Å². The van der Waals surface area contributed by atoms with Crippen molar-refractivity contribution in [3.63, 3.8) is 0 Å². The van der Waals surface area contributed by atoms with Gasteiger partial charge in [-0.25, -0.2) is 4.98 Å². The number of likely N-dealkylation sites (N-methyl/N-ethyl adjacent to an activating group) is 1. The summed E-state index contributed by atoms with van der Waals surface area (Å²) in [6.45, 7) is 4.15. The van der Waals surface area contributed by atoms with E-state index in [1.807, 2.05) is 25.9 Å². The van der Waals surface area contributed by atoms with E-state index in [-0.39, 0.29) is 5.69 Å². The molecule has 0 aliphatic carbocycles. The van der Waals surface area contributed by atoms with Gasteiger partial charge in [0.05, 0.1) is 4.92 Å². The topological polar surface area (TPSA) is 87.4 Å². The largest absolute Gasteiger partial charge is 0.354 e. The van der Waals surface area contributed by atoms with Crippen LogP contribution in [0, 0.1) is 10.1 Å². The number of hydrogen-bond donors (Lipinski definition) is 1. The minimum Gasteiger partial charge on any atom is -0.354 e. The van der Waals surface area contributed by atoms with E-state index >= 15 is 0 Å². The number of hydrogen-bond acceptors (Lipinski definition) is 7. The molecule has 1 aromatic heterocycles. The number of anilines is 2.